The third-order valence-electron chi connectivity index (χ3n) is 1.21. The smallest absolute Gasteiger partial charge is 0.209 e. The van der Waals surface area contributed by atoms with Crippen LogP contribution in [0, 0.1) is 0 Å². The highest BCUT2D eigenvalue weighted by Gasteiger charge is 2.14. The van der Waals surface area contributed by atoms with Crippen LogP contribution >= 0.6 is 0 Å². The second-order valence-electron chi connectivity index (χ2n) is 1.88. The van der Waals surface area contributed by atoms with Crippen molar-refractivity contribution in [3.05, 3.63) is 12.7 Å². The van der Waals surface area contributed by atoms with Gasteiger partial charge in [-0.25, -0.2) is 5.43 Å². The summed E-state index contributed by atoms with van der Waals surface area (Å²) < 4.78 is 4.75. The predicted octanol–water partition coefficient (Wildman–Crippen LogP) is -0.0692. The number of nitrogens with zero attached hydrogens (tertiary/aromatic N) is 2. The Morgan fingerprint density at radius 1 is 1.70 bits per heavy atom. The highest BCUT2D eigenvalue weighted by atomic mass is 16.7. The Kier molecular flexibility index (Phi) is 1.30. The molecule has 2 rings (SSSR count). The van der Waals surface area contributed by atoms with Crippen LogP contribution in [0.15, 0.2) is 17.1 Å². The lowest BCUT2D eigenvalue weighted by atomic mass is 10.7. The molecule has 1 fully saturated rings. The lowest BCUT2D eigenvalue weighted by Gasteiger charge is -2.09. The third-order valence-corrected chi connectivity index (χ3v) is 1.21. The summed E-state index contributed by atoms with van der Waals surface area (Å²) in [6.45, 7) is 1.49. The summed E-state index contributed by atoms with van der Waals surface area (Å²) in [5.41, 5.74) is 2.95. The monoisotopic (exact) mass is 141 g/mol. The van der Waals surface area contributed by atoms with E-state index < -0.39 is 0 Å². The summed E-state index contributed by atoms with van der Waals surface area (Å²) in [7, 11) is 0. The van der Waals surface area contributed by atoms with E-state index >= 15 is 0 Å². The average Bonchev–Trinajstić information content (AvgIpc) is 2.59. The molecule has 0 saturated carbocycles. The molecule has 0 spiro atoms. The molecule has 0 radical (unpaired) electrons. The van der Waals surface area contributed by atoms with Crippen LogP contribution in [0.5, 0.6) is 0 Å². The van der Waals surface area contributed by atoms with E-state index in [0.717, 1.165) is 6.54 Å². The number of hydrogen-bond acceptors (Lipinski definition) is 5. The van der Waals surface area contributed by atoms with E-state index in [9.17, 15) is 0 Å². The molecule has 5 heteroatoms. The molecule has 1 aromatic rings. The van der Waals surface area contributed by atoms with Gasteiger partial charge in [-0.05, 0) is 0 Å². The van der Waals surface area contributed by atoms with Crippen molar-refractivity contribution in [2.45, 2.75) is 0 Å². The number of hydrazine groups is 1. The van der Waals surface area contributed by atoms with E-state index in [2.05, 4.69) is 10.4 Å². The van der Waals surface area contributed by atoms with Crippen LogP contribution in [-0.4, -0.2) is 18.1 Å². The first-order chi connectivity index (χ1) is 4.97. The molecule has 0 aliphatic carbocycles. The predicted molar refractivity (Wildman–Crippen MR) is 32.9 cm³/mol. The fraction of sp³-hybridized carbons (Fsp3) is 0.400. The van der Waals surface area contributed by atoms with Crippen molar-refractivity contribution in [3.63, 3.8) is 0 Å². The zero-order valence-corrected chi connectivity index (χ0v) is 5.28. The van der Waals surface area contributed by atoms with Crippen LogP contribution in [0.4, 0.5) is 5.82 Å². The Balaban J connectivity index is 2.12. The van der Waals surface area contributed by atoms with Crippen LogP contribution in [0.2, 0.25) is 0 Å². The van der Waals surface area contributed by atoms with E-state index in [1.807, 2.05) is 0 Å². The molecule has 0 unspecified atom stereocenters. The van der Waals surface area contributed by atoms with Crippen LogP contribution < -0.4 is 10.6 Å². The van der Waals surface area contributed by atoms with Crippen LogP contribution in [0.3, 0.4) is 0 Å². The summed E-state index contributed by atoms with van der Waals surface area (Å²) in [5.74, 6) is 0.650. The minimum Gasteiger partial charge on any atom is -0.449 e. The largest absolute Gasteiger partial charge is 0.449 e. The Morgan fingerprint density at radius 3 is 3.30 bits per heavy atom. The molecule has 1 aromatic heterocycles. The second-order valence-corrected chi connectivity index (χ2v) is 1.88. The minimum absolute atomic E-state index is 0.650. The molecule has 10 heavy (non-hydrogen) atoms. The van der Waals surface area contributed by atoms with Gasteiger partial charge >= 0.3 is 0 Å². The van der Waals surface area contributed by atoms with Gasteiger partial charge in [-0.2, -0.15) is 10.2 Å². The van der Waals surface area contributed by atoms with E-state index in [1.54, 1.807) is 0 Å². The van der Waals surface area contributed by atoms with Gasteiger partial charge in [-0.1, -0.05) is 0 Å². The van der Waals surface area contributed by atoms with Crippen molar-refractivity contribution in [1.29, 1.82) is 0 Å². The Bertz CT molecular complexity index is 193. The maximum absolute atomic E-state index is 5.10. The molecule has 1 aliphatic rings. The molecule has 5 nitrogen and oxygen atoms in total. The first kappa shape index (κ1) is 5.70. The van der Waals surface area contributed by atoms with E-state index in [0.29, 0.717) is 12.4 Å². The van der Waals surface area contributed by atoms with Crippen molar-refractivity contribution >= 4 is 5.82 Å². The fourth-order valence-corrected chi connectivity index (χ4v) is 0.783. The number of anilines is 1. The Labute approximate surface area is 57.5 Å². The first-order valence-electron chi connectivity index (χ1n) is 3.01. The van der Waals surface area contributed by atoms with Gasteiger partial charge in [0.2, 0.25) is 5.82 Å². The van der Waals surface area contributed by atoms with Gasteiger partial charge in [0.1, 0.15) is 6.26 Å². The minimum atomic E-state index is 0.650. The van der Waals surface area contributed by atoms with Crippen molar-refractivity contribution in [1.82, 2.24) is 10.4 Å². The van der Waals surface area contributed by atoms with Gasteiger partial charge in [-0.15, -0.1) is 0 Å². The third kappa shape index (κ3) is 0.850. The average molecular weight is 141 g/mol. The van der Waals surface area contributed by atoms with Crippen LogP contribution in [0.25, 0.3) is 0 Å². The zero-order chi connectivity index (χ0) is 6.81. The molecular weight excluding hydrogens is 134 g/mol. The molecular formula is C5H7N3O2. The topological polar surface area (TPSA) is 50.5 Å². The maximum Gasteiger partial charge on any atom is 0.209 e. The summed E-state index contributed by atoms with van der Waals surface area (Å²) in [6, 6.07) is 0. The first-order valence-corrected chi connectivity index (χ1v) is 3.01. The highest BCUT2D eigenvalue weighted by Crippen LogP contribution is 2.09. The van der Waals surface area contributed by atoms with Crippen molar-refractivity contribution in [2.24, 2.45) is 0 Å². The van der Waals surface area contributed by atoms with E-state index in [-0.39, 0.29) is 0 Å². The number of oxazole rings is 1. The molecule has 1 saturated heterocycles. The summed E-state index contributed by atoms with van der Waals surface area (Å²) in [6.07, 6.45) is 2.87. The number of aromatic nitrogens is 1. The Morgan fingerprint density at radius 2 is 2.70 bits per heavy atom. The maximum atomic E-state index is 5.10. The highest BCUT2D eigenvalue weighted by molar-refractivity contribution is 5.28. The van der Waals surface area contributed by atoms with Crippen molar-refractivity contribution < 1.29 is 9.25 Å². The molecule has 0 amide bonds. The van der Waals surface area contributed by atoms with Gasteiger partial charge in [0.05, 0.1) is 6.61 Å². The summed E-state index contributed by atoms with van der Waals surface area (Å²) in [4.78, 5) is 8.97. The molecule has 54 valence electrons. The standard InChI is InChI=1S/C5H7N3O2/c1-2-10-8(7-1)5-3-9-4-6-5/h3-4,7H,1-2H2. The van der Waals surface area contributed by atoms with Gasteiger partial charge in [0, 0.05) is 6.54 Å². The summed E-state index contributed by atoms with van der Waals surface area (Å²) in [5, 5.41) is 1.49. The zero-order valence-electron chi connectivity index (χ0n) is 5.28. The number of hydrogen-bond donors (Lipinski definition) is 1. The van der Waals surface area contributed by atoms with E-state index in [4.69, 9.17) is 9.25 Å². The van der Waals surface area contributed by atoms with Gasteiger partial charge in [-0.3, -0.25) is 4.84 Å². The Hall–Kier alpha value is -1.07. The normalized spacial score (nSPS) is 18.2. The quantitative estimate of drug-likeness (QED) is 0.593. The van der Waals surface area contributed by atoms with Crippen molar-refractivity contribution in [3.8, 4) is 0 Å². The molecule has 1 N–H and O–H groups in total. The molecule has 0 atom stereocenters. The number of nitrogens with one attached hydrogen (secondary N) is 1. The van der Waals surface area contributed by atoms with Crippen molar-refractivity contribution in [2.75, 3.05) is 18.3 Å². The second kappa shape index (κ2) is 2.28. The van der Waals surface area contributed by atoms with Gasteiger partial charge in [0.15, 0.2) is 6.39 Å². The molecule has 1 aliphatic heterocycles. The molecule has 0 aromatic carbocycles. The summed E-state index contributed by atoms with van der Waals surface area (Å²) >= 11 is 0. The molecule has 0 bridgehead atoms. The van der Waals surface area contributed by atoms with Crippen LogP contribution in [-0.2, 0) is 4.84 Å². The number of rotatable bonds is 1. The SMILES string of the molecule is c1nc(N2NCCO2)co1. The van der Waals surface area contributed by atoms with Gasteiger partial charge < -0.3 is 4.42 Å². The fourth-order valence-electron chi connectivity index (χ4n) is 0.783. The lowest BCUT2D eigenvalue weighted by molar-refractivity contribution is 0.156. The van der Waals surface area contributed by atoms with E-state index in [1.165, 1.54) is 17.8 Å². The molecule has 2 heterocycles. The lowest BCUT2D eigenvalue weighted by Crippen LogP contribution is -2.29. The van der Waals surface area contributed by atoms with Gasteiger partial charge in [0.25, 0.3) is 0 Å². The van der Waals surface area contributed by atoms with Crippen LogP contribution in [0.1, 0.15) is 0 Å².